The summed E-state index contributed by atoms with van der Waals surface area (Å²) in [5, 5.41) is 13.7. The van der Waals surface area contributed by atoms with Crippen LogP contribution in [0.25, 0.3) is 22.2 Å². The Morgan fingerprint density at radius 2 is 1.80 bits per heavy atom. The van der Waals surface area contributed by atoms with Gasteiger partial charge in [-0.1, -0.05) is 37.5 Å². The Kier molecular flexibility index (Phi) is 8.46. The van der Waals surface area contributed by atoms with Crippen LogP contribution in [0.1, 0.15) is 59.5 Å². The molecule has 6 rings (SSSR count). The van der Waals surface area contributed by atoms with E-state index < -0.39 is 27.9 Å². The molecule has 1 aliphatic carbocycles. The molecule has 10 nitrogen and oxygen atoms in total. The molecule has 3 aromatic carbocycles. The van der Waals surface area contributed by atoms with Gasteiger partial charge in [-0.15, -0.1) is 0 Å². The Bertz CT molecular complexity index is 1860. The van der Waals surface area contributed by atoms with Gasteiger partial charge < -0.3 is 24.5 Å². The molecule has 0 spiro atoms. The van der Waals surface area contributed by atoms with Crippen LogP contribution >= 0.6 is 0 Å². The summed E-state index contributed by atoms with van der Waals surface area (Å²) >= 11 is 0. The smallest absolute Gasteiger partial charge is 0.326 e. The average molecular weight is 632 g/mol. The summed E-state index contributed by atoms with van der Waals surface area (Å²) in [6.45, 7) is 1.06. The van der Waals surface area contributed by atoms with Crippen LogP contribution in [0, 0.1) is 0 Å². The predicted molar refractivity (Wildman–Crippen MR) is 173 cm³/mol. The Morgan fingerprint density at radius 3 is 2.49 bits per heavy atom. The maximum absolute atomic E-state index is 13.5. The molecule has 0 radical (unpaired) electrons. The Morgan fingerprint density at radius 1 is 1.04 bits per heavy atom. The van der Waals surface area contributed by atoms with Gasteiger partial charge in [0, 0.05) is 40.2 Å². The van der Waals surface area contributed by atoms with Crippen LogP contribution in [0.5, 0.6) is 11.5 Å². The number of aliphatic carboxylic acids is 1. The van der Waals surface area contributed by atoms with E-state index in [4.69, 9.17) is 9.47 Å². The van der Waals surface area contributed by atoms with E-state index in [2.05, 4.69) is 14.6 Å². The average Bonchev–Trinajstić information content (AvgIpc) is 3.22. The second-order valence-electron chi connectivity index (χ2n) is 11.8. The van der Waals surface area contributed by atoms with Crippen molar-refractivity contribution in [1.82, 2.24) is 9.88 Å². The van der Waals surface area contributed by atoms with Crippen molar-refractivity contribution in [2.45, 2.75) is 57.0 Å². The number of ether oxygens (including phenoxy) is 2. The molecule has 3 N–H and O–H groups in total. The molecular weight excluding hydrogens is 594 g/mol. The Balaban J connectivity index is 1.33. The lowest BCUT2D eigenvalue weighted by molar-refractivity contribution is -0.139. The fourth-order valence-corrected chi connectivity index (χ4v) is 7.20. The third-order valence-corrected chi connectivity index (χ3v) is 9.30. The molecule has 1 aromatic heterocycles. The quantitative estimate of drug-likeness (QED) is 0.220. The van der Waals surface area contributed by atoms with Gasteiger partial charge in [-0.2, -0.15) is 0 Å². The minimum Gasteiger partial charge on any atom is -0.497 e. The number of anilines is 1. The predicted octanol–water partition coefficient (Wildman–Crippen LogP) is 5.55. The number of carbonyl (C=O) groups excluding carboxylic acids is 1. The van der Waals surface area contributed by atoms with Crippen LogP contribution in [0.15, 0.2) is 60.7 Å². The second kappa shape index (κ2) is 12.5. The molecule has 2 aliphatic rings. The van der Waals surface area contributed by atoms with Crippen molar-refractivity contribution in [2.75, 3.05) is 24.7 Å². The van der Waals surface area contributed by atoms with E-state index in [1.54, 1.807) is 37.4 Å². The van der Waals surface area contributed by atoms with Crippen LogP contribution in [-0.4, -0.2) is 56.0 Å². The zero-order valence-electron chi connectivity index (χ0n) is 25.3. The molecule has 1 fully saturated rings. The third-order valence-electron chi connectivity index (χ3n) is 8.70. The van der Waals surface area contributed by atoms with Crippen molar-refractivity contribution < 1.29 is 32.6 Å². The number of aromatic nitrogens is 1. The number of nitrogens with zero attached hydrogens (tertiary/aromatic N) is 1. The van der Waals surface area contributed by atoms with Crippen molar-refractivity contribution in [3.8, 4) is 22.8 Å². The second-order valence-corrected chi connectivity index (χ2v) is 13.6. The number of hydrogen-bond acceptors (Lipinski definition) is 6. The number of methoxy groups -OCH3 is 1. The number of amides is 1. The topological polar surface area (TPSA) is 136 Å². The minimum atomic E-state index is -3.43. The lowest BCUT2D eigenvalue weighted by atomic mass is 9.81. The normalized spacial score (nSPS) is 15.7. The van der Waals surface area contributed by atoms with Gasteiger partial charge in [0.05, 0.1) is 25.6 Å². The summed E-state index contributed by atoms with van der Waals surface area (Å²) in [4.78, 5) is 25.7. The number of carboxylic acids is 1. The molecule has 1 saturated carbocycles. The number of rotatable bonds is 9. The van der Waals surface area contributed by atoms with Gasteiger partial charge in [0.2, 0.25) is 10.0 Å². The molecule has 45 heavy (non-hydrogen) atoms. The van der Waals surface area contributed by atoms with Gasteiger partial charge in [-0.3, -0.25) is 9.52 Å². The van der Waals surface area contributed by atoms with Gasteiger partial charge in [-0.05, 0) is 66.3 Å². The fourth-order valence-electron chi connectivity index (χ4n) is 6.64. The first kappa shape index (κ1) is 30.5. The van der Waals surface area contributed by atoms with Gasteiger partial charge in [0.15, 0.2) is 0 Å². The summed E-state index contributed by atoms with van der Waals surface area (Å²) in [5.41, 5.74) is 5.70. The van der Waals surface area contributed by atoms with E-state index in [0.717, 1.165) is 52.8 Å². The monoisotopic (exact) mass is 631 g/mol. The van der Waals surface area contributed by atoms with Crippen LogP contribution < -0.4 is 19.5 Å². The molecule has 236 valence electrons. The van der Waals surface area contributed by atoms with Gasteiger partial charge >= 0.3 is 5.97 Å². The van der Waals surface area contributed by atoms with Gasteiger partial charge in [-0.25, -0.2) is 13.2 Å². The number of fused-ring (bicyclic) bond motifs is 5. The SMILES string of the molecule is COc1ccc2c(c1)OCCn1c-2c(C2CCCCC2)c2ccc(C(=O)N[C@@H](Cc3ccc(NS(C)(=O)=O)cc3)C(=O)O)cc21. The molecule has 2 heterocycles. The maximum Gasteiger partial charge on any atom is 0.326 e. The molecule has 1 aliphatic heterocycles. The molecule has 1 atom stereocenters. The van der Waals surface area contributed by atoms with Crippen molar-refractivity contribution >= 4 is 38.5 Å². The molecular formula is C34H37N3O7S. The highest BCUT2D eigenvalue weighted by molar-refractivity contribution is 7.92. The number of benzene rings is 3. The number of nitrogens with one attached hydrogen (secondary N) is 2. The largest absolute Gasteiger partial charge is 0.497 e. The maximum atomic E-state index is 13.5. The molecule has 0 unspecified atom stereocenters. The van der Waals surface area contributed by atoms with Crippen LogP contribution in [-0.2, 0) is 27.8 Å². The van der Waals surface area contributed by atoms with Crippen molar-refractivity contribution in [3.05, 3.63) is 77.4 Å². The first-order valence-corrected chi connectivity index (χ1v) is 17.1. The van der Waals surface area contributed by atoms with Crippen molar-refractivity contribution in [3.63, 3.8) is 0 Å². The fraction of sp³-hybridized carbons (Fsp3) is 0.353. The van der Waals surface area contributed by atoms with Crippen molar-refractivity contribution in [2.24, 2.45) is 0 Å². The summed E-state index contributed by atoms with van der Waals surface area (Å²) in [6, 6.07) is 16.8. The zero-order chi connectivity index (χ0) is 31.7. The summed E-state index contributed by atoms with van der Waals surface area (Å²) in [7, 11) is -1.80. The molecule has 0 bridgehead atoms. The molecule has 11 heteroatoms. The van der Waals surface area contributed by atoms with E-state index in [1.807, 2.05) is 30.3 Å². The highest BCUT2D eigenvalue weighted by Crippen LogP contribution is 2.47. The van der Waals surface area contributed by atoms with Gasteiger partial charge in [0.1, 0.15) is 24.1 Å². The number of carbonyl (C=O) groups is 2. The first-order valence-electron chi connectivity index (χ1n) is 15.2. The van der Waals surface area contributed by atoms with E-state index in [9.17, 15) is 23.1 Å². The standard InChI is InChI=1S/C34H37N3O7S/c1-43-25-13-15-27-30(20-25)44-17-16-37-29-19-23(10-14-26(29)31(32(27)37)22-6-4-3-5-7-22)33(38)35-28(34(39)40)18-21-8-11-24(12-9-21)36-45(2,41)42/h8-15,19-20,22,28,36H,3-7,16-18H2,1-2H3,(H,35,38)(H,39,40)/t28-/m0/s1. The minimum absolute atomic E-state index is 0.0341. The Labute approximate surface area is 262 Å². The van der Waals surface area contributed by atoms with E-state index in [0.29, 0.717) is 35.9 Å². The van der Waals surface area contributed by atoms with E-state index in [1.165, 1.54) is 24.8 Å². The molecule has 0 saturated heterocycles. The highest BCUT2D eigenvalue weighted by Gasteiger charge is 2.30. The van der Waals surface area contributed by atoms with Crippen LogP contribution in [0.2, 0.25) is 0 Å². The summed E-state index contributed by atoms with van der Waals surface area (Å²) < 4.78 is 39.3. The Hall–Kier alpha value is -4.51. The summed E-state index contributed by atoms with van der Waals surface area (Å²) in [6.07, 6.45) is 6.89. The van der Waals surface area contributed by atoms with Crippen LogP contribution in [0.3, 0.4) is 0 Å². The first-order chi connectivity index (χ1) is 21.6. The lowest BCUT2D eigenvalue weighted by Crippen LogP contribution is -2.42. The number of sulfonamides is 1. The number of carboxylic acid groups (broad SMARTS) is 1. The molecule has 4 aromatic rings. The summed E-state index contributed by atoms with van der Waals surface area (Å²) in [5.74, 6) is 0.245. The number of hydrogen-bond donors (Lipinski definition) is 3. The van der Waals surface area contributed by atoms with E-state index in [-0.39, 0.29) is 6.42 Å². The van der Waals surface area contributed by atoms with Gasteiger partial charge in [0.25, 0.3) is 5.91 Å². The third kappa shape index (κ3) is 6.49. The van der Waals surface area contributed by atoms with Crippen LogP contribution in [0.4, 0.5) is 5.69 Å². The van der Waals surface area contributed by atoms with E-state index >= 15 is 0 Å². The highest BCUT2D eigenvalue weighted by atomic mass is 32.2. The van der Waals surface area contributed by atoms with Crippen molar-refractivity contribution in [1.29, 1.82) is 0 Å². The zero-order valence-corrected chi connectivity index (χ0v) is 26.2. The molecule has 1 amide bonds. The lowest BCUT2D eigenvalue weighted by Gasteiger charge is -2.23.